The van der Waals surface area contributed by atoms with Crippen LogP contribution in [0.4, 0.5) is 0 Å². The van der Waals surface area contributed by atoms with Crippen LogP contribution in [-0.4, -0.2) is 29.4 Å². The van der Waals surface area contributed by atoms with Gasteiger partial charge >= 0.3 is 0 Å². The Kier molecular flexibility index (Phi) is 2.58. The monoisotopic (exact) mass is 298 g/mol. The Hall–Kier alpha value is -2.28. The number of hydrogen-bond acceptors (Lipinski definition) is 5. The first-order valence-corrected chi connectivity index (χ1v) is 7.63. The molecule has 0 saturated heterocycles. The van der Waals surface area contributed by atoms with Gasteiger partial charge in [0.25, 0.3) is 0 Å². The highest BCUT2D eigenvalue weighted by molar-refractivity contribution is 7.18. The predicted molar refractivity (Wildman–Crippen MR) is 82.5 cm³/mol. The molecule has 0 fully saturated rings. The molecular formula is C14H14N6S. The highest BCUT2D eigenvalue weighted by Crippen LogP contribution is 2.31. The van der Waals surface area contributed by atoms with E-state index in [0.717, 1.165) is 28.0 Å². The number of nitrogens with zero attached hydrogens (tertiary/aromatic N) is 6. The SMILES string of the molecule is CCn1cc(-c2nc3c4c(C)c(C)sc4ncn3n2)cn1. The molecule has 6 nitrogen and oxygen atoms in total. The summed E-state index contributed by atoms with van der Waals surface area (Å²) in [5, 5.41) is 9.90. The standard InChI is InChI=1S/C14H14N6S/c1-4-19-6-10(5-16-19)12-17-13-11-8(2)9(3)21-14(11)15-7-20(13)18-12/h5-7H,4H2,1-3H3. The smallest absolute Gasteiger partial charge is 0.185 e. The number of aryl methyl sites for hydroxylation is 3. The van der Waals surface area contributed by atoms with Crippen LogP contribution in [-0.2, 0) is 6.54 Å². The van der Waals surface area contributed by atoms with Crippen LogP contribution >= 0.6 is 11.3 Å². The minimum absolute atomic E-state index is 0.687. The van der Waals surface area contributed by atoms with E-state index in [0.29, 0.717) is 5.82 Å². The van der Waals surface area contributed by atoms with Crippen LogP contribution in [0.3, 0.4) is 0 Å². The number of hydrogen-bond donors (Lipinski definition) is 0. The van der Waals surface area contributed by atoms with Crippen LogP contribution in [0, 0.1) is 13.8 Å². The van der Waals surface area contributed by atoms with E-state index in [-0.39, 0.29) is 0 Å². The van der Waals surface area contributed by atoms with E-state index in [1.165, 1.54) is 10.4 Å². The molecule has 0 unspecified atom stereocenters. The molecule has 0 bridgehead atoms. The second-order valence-corrected chi connectivity index (χ2v) is 6.20. The van der Waals surface area contributed by atoms with Crippen LogP contribution in [0.2, 0.25) is 0 Å². The van der Waals surface area contributed by atoms with Crippen molar-refractivity contribution >= 4 is 27.2 Å². The quantitative estimate of drug-likeness (QED) is 0.571. The van der Waals surface area contributed by atoms with Crippen molar-refractivity contribution in [3.8, 4) is 11.4 Å². The van der Waals surface area contributed by atoms with Crippen LogP contribution in [0.5, 0.6) is 0 Å². The Bertz CT molecular complexity index is 961. The molecule has 0 aliphatic heterocycles. The van der Waals surface area contributed by atoms with Crippen LogP contribution in [0.25, 0.3) is 27.3 Å². The molecule has 0 amide bonds. The van der Waals surface area contributed by atoms with Gasteiger partial charge in [0.2, 0.25) is 0 Å². The van der Waals surface area contributed by atoms with Gasteiger partial charge in [-0.2, -0.15) is 5.10 Å². The van der Waals surface area contributed by atoms with Crippen molar-refractivity contribution in [2.75, 3.05) is 0 Å². The van der Waals surface area contributed by atoms with Crippen LogP contribution in [0.15, 0.2) is 18.7 Å². The fourth-order valence-electron chi connectivity index (χ4n) is 2.42. The molecule has 0 spiro atoms. The molecule has 4 heterocycles. The molecule has 106 valence electrons. The average Bonchev–Trinajstić information content (AvgIpc) is 3.16. The summed E-state index contributed by atoms with van der Waals surface area (Å²) >= 11 is 1.70. The van der Waals surface area contributed by atoms with Gasteiger partial charge in [0.15, 0.2) is 11.5 Å². The van der Waals surface area contributed by atoms with Gasteiger partial charge in [0.1, 0.15) is 11.2 Å². The van der Waals surface area contributed by atoms with Gasteiger partial charge in [-0.3, -0.25) is 4.68 Å². The Morgan fingerprint density at radius 3 is 2.90 bits per heavy atom. The van der Waals surface area contributed by atoms with E-state index >= 15 is 0 Å². The third-order valence-electron chi connectivity index (χ3n) is 3.72. The second kappa shape index (κ2) is 4.36. The third-order valence-corrected chi connectivity index (χ3v) is 4.84. The predicted octanol–water partition coefficient (Wildman–Crippen LogP) is 2.84. The van der Waals surface area contributed by atoms with Crippen LogP contribution in [0.1, 0.15) is 17.4 Å². The van der Waals surface area contributed by atoms with E-state index in [2.05, 4.69) is 36.0 Å². The first kappa shape index (κ1) is 12.5. The maximum Gasteiger partial charge on any atom is 0.185 e. The molecule has 4 aromatic rings. The fourth-order valence-corrected chi connectivity index (χ4v) is 3.41. The Morgan fingerprint density at radius 2 is 2.14 bits per heavy atom. The number of fused-ring (bicyclic) bond motifs is 3. The minimum Gasteiger partial charge on any atom is -0.272 e. The largest absolute Gasteiger partial charge is 0.272 e. The van der Waals surface area contributed by atoms with Crippen molar-refractivity contribution in [2.45, 2.75) is 27.3 Å². The topological polar surface area (TPSA) is 60.9 Å². The van der Waals surface area contributed by atoms with Crippen molar-refractivity contribution in [3.63, 3.8) is 0 Å². The lowest BCUT2D eigenvalue weighted by Gasteiger charge is -1.93. The number of aromatic nitrogens is 6. The molecule has 21 heavy (non-hydrogen) atoms. The maximum atomic E-state index is 4.70. The van der Waals surface area contributed by atoms with Gasteiger partial charge in [-0.05, 0) is 26.3 Å². The van der Waals surface area contributed by atoms with E-state index in [4.69, 9.17) is 4.98 Å². The van der Waals surface area contributed by atoms with Crippen molar-refractivity contribution in [1.82, 2.24) is 29.4 Å². The zero-order valence-corrected chi connectivity index (χ0v) is 12.8. The lowest BCUT2D eigenvalue weighted by Crippen LogP contribution is -1.92. The van der Waals surface area contributed by atoms with Gasteiger partial charge in [-0.1, -0.05) is 0 Å². The summed E-state index contributed by atoms with van der Waals surface area (Å²) in [4.78, 5) is 11.5. The van der Waals surface area contributed by atoms with E-state index in [1.807, 2.05) is 10.9 Å². The van der Waals surface area contributed by atoms with Gasteiger partial charge in [-0.25, -0.2) is 14.5 Å². The number of rotatable bonds is 2. The molecule has 0 atom stereocenters. The zero-order chi connectivity index (χ0) is 14.6. The summed E-state index contributed by atoms with van der Waals surface area (Å²) in [6.07, 6.45) is 5.49. The molecule has 0 aliphatic rings. The highest BCUT2D eigenvalue weighted by Gasteiger charge is 2.15. The Balaban J connectivity index is 1.99. The molecule has 0 aromatic carbocycles. The Morgan fingerprint density at radius 1 is 1.29 bits per heavy atom. The van der Waals surface area contributed by atoms with Crippen molar-refractivity contribution < 1.29 is 0 Å². The summed E-state index contributed by atoms with van der Waals surface area (Å²) in [5.74, 6) is 0.687. The molecule has 0 N–H and O–H groups in total. The molecule has 4 rings (SSSR count). The van der Waals surface area contributed by atoms with Gasteiger partial charge < -0.3 is 0 Å². The van der Waals surface area contributed by atoms with Gasteiger partial charge in [0.05, 0.1) is 17.1 Å². The van der Waals surface area contributed by atoms with Crippen molar-refractivity contribution in [3.05, 3.63) is 29.2 Å². The molecule has 0 aliphatic carbocycles. The van der Waals surface area contributed by atoms with Crippen LogP contribution < -0.4 is 0 Å². The molecule has 4 aromatic heterocycles. The first-order valence-electron chi connectivity index (χ1n) is 6.81. The summed E-state index contributed by atoms with van der Waals surface area (Å²) in [5.41, 5.74) is 3.02. The lowest BCUT2D eigenvalue weighted by molar-refractivity contribution is 0.660. The minimum atomic E-state index is 0.687. The fraction of sp³-hybridized carbons (Fsp3) is 0.286. The molecule has 0 radical (unpaired) electrons. The van der Waals surface area contributed by atoms with Gasteiger partial charge in [0, 0.05) is 17.6 Å². The second-order valence-electron chi connectivity index (χ2n) is 5.00. The van der Waals surface area contributed by atoms with Crippen molar-refractivity contribution in [2.24, 2.45) is 0 Å². The van der Waals surface area contributed by atoms with E-state index < -0.39 is 0 Å². The summed E-state index contributed by atoms with van der Waals surface area (Å²) < 4.78 is 3.62. The summed E-state index contributed by atoms with van der Waals surface area (Å²) in [7, 11) is 0. The highest BCUT2D eigenvalue weighted by atomic mass is 32.1. The molecular weight excluding hydrogens is 284 g/mol. The lowest BCUT2D eigenvalue weighted by atomic mass is 10.2. The van der Waals surface area contributed by atoms with E-state index in [9.17, 15) is 0 Å². The Labute approximate surface area is 125 Å². The normalized spacial score (nSPS) is 11.8. The van der Waals surface area contributed by atoms with Gasteiger partial charge in [-0.15, -0.1) is 16.4 Å². The maximum absolute atomic E-state index is 4.70. The third kappa shape index (κ3) is 1.77. The molecule has 0 saturated carbocycles. The number of thiophene rings is 1. The molecule has 7 heteroatoms. The summed E-state index contributed by atoms with van der Waals surface area (Å²) in [6.45, 7) is 7.11. The first-order chi connectivity index (χ1) is 10.2. The average molecular weight is 298 g/mol. The van der Waals surface area contributed by atoms with E-state index in [1.54, 1.807) is 28.4 Å². The zero-order valence-electron chi connectivity index (χ0n) is 12.0. The van der Waals surface area contributed by atoms with Crippen molar-refractivity contribution in [1.29, 1.82) is 0 Å². The summed E-state index contributed by atoms with van der Waals surface area (Å²) in [6, 6.07) is 0.